The van der Waals surface area contributed by atoms with Crippen LogP contribution in [0.1, 0.15) is 50.2 Å². The Bertz CT molecular complexity index is 987. The Morgan fingerprint density at radius 1 is 1.26 bits per heavy atom. The molecule has 0 aromatic heterocycles. The molecule has 2 bridgehead atoms. The number of carbonyl (C=O) groups excluding carboxylic acids is 3. The zero-order valence-electron chi connectivity index (χ0n) is 20.6. The highest BCUT2D eigenvalue weighted by Gasteiger charge is 2.76. The van der Waals surface area contributed by atoms with Crippen molar-refractivity contribution in [3.63, 3.8) is 0 Å². The van der Waals surface area contributed by atoms with Crippen molar-refractivity contribution in [1.29, 1.82) is 0 Å². The number of benzene rings is 1. The van der Waals surface area contributed by atoms with Gasteiger partial charge in [0.1, 0.15) is 11.6 Å². The third-order valence-electron chi connectivity index (χ3n) is 7.55. The summed E-state index contributed by atoms with van der Waals surface area (Å²) >= 11 is 3.65. The van der Waals surface area contributed by atoms with Gasteiger partial charge in [0.2, 0.25) is 11.8 Å². The van der Waals surface area contributed by atoms with E-state index in [2.05, 4.69) is 21.2 Å². The highest BCUT2D eigenvalue weighted by molar-refractivity contribution is 9.09. The second-order valence-corrected chi connectivity index (χ2v) is 11.1. The van der Waals surface area contributed by atoms with Gasteiger partial charge in [0.15, 0.2) is 0 Å². The minimum absolute atomic E-state index is 0.137. The number of hydrogen-bond acceptors (Lipinski definition) is 6. The van der Waals surface area contributed by atoms with E-state index in [0.717, 1.165) is 24.0 Å². The van der Waals surface area contributed by atoms with E-state index in [9.17, 15) is 14.4 Å². The average Bonchev–Trinajstić information content (AvgIpc) is 3.40. The zero-order chi connectivity index (χ0) is 25.3. The van der Waals surface area contributed by atoms with Crippen LogP contribution in [-0.4, -0.2) is 70.1 Å². The minimum Gasteiger partial charge on any atom is -0.466 e. The highest BCUT2D eigenvalue weighted by Crippen LogP contribution is 2.60. The second kappa shape index (κ2) is 10.6. The van der Waals surface area contributed by atoms with Crippen molar-refractivity contribution >= 4 is 39.4 Å². The molecule has 1 aromatic carbocycles. The SMILES string of the molecule is CCOC(=O)[C@H]1[C@@H]2O[C@@]3(CC2Br)[C@@H]1C(=O)N(CCCCCCO)[C@@H]3C(=O)Nc1cc(C)ccc1C. The molecule has 35 heavy (non-hydrogen) atoms. The molecule has 0 radical (unpaired) electrons. The number of nitrogens with one attached hydrogen (secondary N) is 1. The average molecular weight is 551 g/mol. The maximum Gasteiger partial charge on any atom is 0.312 e. The number of rotatable bonds is 10. The van der Waals surface area contributed by atoms with Crippen LogP contribution >= 0.6 is 15.9 Å². The summed E-state index contributed by atoms with van der Waals surface area (Å²) in [6.45, 7) is 6.37. The number of nitrogens with zero attached hydrogens (tertiary/aromatic N) is 1. The molecule has 0 saturated carbocycles. The van der Waals surface area contributed by atoms with Crippen molar-refractivity contribution in [3.8, 4) is 0 Å². The molecule has 3 fully saturated rings. The van der Waals surface area contributed by atoms with Crippen LogP contribution in [0, 0.1) is 25.7 Å². The van der Waals surface area contributed by atoms with E-state index in [4.69, 9.17) is 14.6 Å². The van der Waals surface area contributed by atoms with Gasteiger partial charge >= 0.3 is 5.97 Å². The van der Waals surface area contributed by atoms with Gasteiger partial charge in [0.25, 0.3) is 0 Å². The van der Waals surface area contributed by atoms with Crippen molar-refractivity contribution in [2.75, 3.05) is 25.1 Å². The molecule has 2 N–H and O–H groups in total. The topological polar surface area (TPSA) is 105 Å². The first-order valence-electron chi connectivity index (χ1n) is 12.5. The zero-order valence-corrected chi connectivity index (χ0v) is 22.2. The predicted molar refractivity (Wildman–Crippen MR) is 134 cm³/mol. The number of aliphatic hydroxyl groups excluding tert-OH is 1. The lowest BCUT2D eigenvalue weighted by molar-refractivity contribution is -0.154. The predicted octanol–water partition coefficient (Wildman–Crippen LogP) is 3.11. The Balaban J connectivity index is 1.66. The van der Waals surface area contributed by atoms with Crippen LogP contribution in [0.2, 0.25) is 0 Å². The fourth-order valence-corrected chi connectivity index (χ4v) is 6.94. The summed E-state index contributed by atoms with van der Waals surface area (Å²) in [7, 11) is 0. The molecule has 3 saturated heterocycles. The highest BCUT2D eigenvalue weighted by atomic mass is 79.9. The molecule has 1 aromatic rings. The third-order valence-corrected chi connectivity index (χ3v) is 8.40. The summed E-state index contributed by atoms with van der Waals surface area (Å²) < 4.78 is 11.8. The number of hydrogen-bond donors (Lipinski definition) is 2. The molecule has 1 spiro atoms. The van der Waals surface area contributed by atoms with Crippen molar-refractivity contribution in [2.24, 2.45) is 11.8 Å². The van der Waals surface area contributed by atoms with Crippen molar-refractivity contribution < 1.29 is 29.0 Å². The number of carbonyl (C=O) groups is 3. The van der Waals surface area contributed by atoms with Crippen LogP contribution in [0.25, 0.3) is 0 Å². The summed E-state index contributed by atoms with van der Waals surface area (Å²) in [6.07, 6.45) is 3.05. The Hall–Kier alpha value is -1.97. The Morgan fingerprint density at radius 3 is 2.71 bits per heavy atom. The van der Waals surface area contributed by atoms with Crippen LogP contribution in [0.4, 0.5) is 5.69 Å². The molecule has 3 aliphatic rings. The number of ether oxygens (including phenoxy) is 2. The van der Waals surface area contributed by atoms with Crippen LogP contribution < -0.4 is 5.32 Å². The summed E-state index contributed by atoms with van der Waals surface area (Å²) in [5.41, 5.74) is 1.57. The monoisotopic (exact) mass is 550 g/mol. The molecule has 9 heteroatoms. The molecule has 2 amide bonds. The largest absolute Gasteiger partial charge is 0.466 e. The van der Waals surface area contributed by atoms with Gasteiger partial charge in [-0.1, -0.05) is 40.9 Å². The normalized spacial score (nSPS) is 31.1. The van der Waals surface area contributed by atoms with E-state index in [1.54, 1.807) is 11.8 Å². The van der Waals surface area contributed by atoms with E-state index in [1.165, 1.54) is 0 Å². The number of aliphatic hydroxyl groups is 1. The minimum atomic E-state index is -1.08. The first-order valence-corrected chi connectivity index (χ1v) is 13.4. The summed E-state index contributed by atoms with van der Waals surface area (Å²) in [4.78, 5) is 42.1. The number of alkyl halides is 1. The molecular formula is C26H35BrN2O6. The van der Waals surface area contributed by atoms with Gasteiger partial charge in [-0.3, -0.25) is 14.4 Å². The molecule has 0 aliphatic carbocycles. The van der Waals surface area contributed by atoms with Crippen LogP contribution in [-0.2, 0) is 23.9 Å². The van der Waals surface area contributed by atoms with E-state index in [1.807, 2.05) is 32.0 Å². The van der Waals surface area contributed by atoms with E-state index >= 15 is 0 Å². The van der Waals surface area contributed by atoms with E-state index < -0.39 is 35.6 Å². The van der Waals surface area contributed by atoms with E-state index in [0.29, 0.717) is 31.5 Å². The van der Waals surface area contributed by atoms with Crippen molar-refractivity contribution in [3.05, 3.63) is 29.3 Å². The third kappa shape index (κ3) is 4.62. The molecule has 4 rings (SSSR count). The van der Waals surface area contributed by atoms with Gasteiger partial charge in [-0.05, 0) is 57.2 Å². The lowest BCUT2D eigenvalue weighted by Crippen LogP contribution is -2.54. The standard InChI is InChI=1S/C26H35BrN2O6/c1-4-34-25(33)19-20-24(32)29(11-7-5-6-8-12-30)22(26(20)14-17(27)21(19)35-26)23(31)28-18-13-15(2)9-10-16(18)3/h9-10,13,17,19-22,30H,4-8,11-12,14H2,1-3H3,(H,28,31)/t17?,19-,20+,21-,22-,26+/m1/s1. The van der Waals surface area contributed by atoms with Gasteiger partial charge in [0, 0.05) is 23.7 Å². The van der Waals surface area contributed by atoms with Crippen LogP contribution in [0.15, 0.2) is 18.2 Å². The fourth-order valence-electron chi connectivity index (χ4n) is 6.00. The number of anilines is 1. The lowest BCUT2D eigenvalue weighted by Gasteiger charge is -2.34. The molecule has 8 nitrogen and oxygen atoms in total. The Morgan fingerprint density at radius 2 is 2.00 bits per heavy atom. The molecule has 1 unspecified atom stereocenters. The Labute approximate surface area is 214 Å². The molecule has 6 atom stereocenters. The van der Waals surface area contributed by atoms with Crippen LogP contribution in [0.5, 0.6) is 0 Å². The van der Waals surface area contributed by atoms with Gasteiger partial charge in [0.05, 0.1) is 24.5 Å². The molecule has 3 heterocycles. The quantitative estimate of drug-likeness (QED) is 0.263. The van der Waals surface area contributed by atoms with Gasteiger partial charge in [-0.25, -0.2) is 0 Å². The number of amides is 2. The number of likely N-dealkylation sites (tertiary alicyclic amines) is 1. The van der Waals surface area contributed by atoms with E-state index in [-0.39, 0.29) is 29.9 Å². The van der Waals surface area contributed by atoms with Crippen molar-refractivity contribution in [2.45, 2.75) is 75.4 Å². The van der Waals surface area contributed by atoms with Crippen molar-refractivity contribution in [1.82, 2.24) is 4.90 Å². The first kappa shape index (κ1) is 26.1. The molecular weight excluding hydrogens is 516 g/mol. The van der Waals surface area contributed by atoms with Crippen LogP contribution in [0.3, 0.4) is 0 Å². The summed E-state index contributed by atoms with van der Waals surface area (Å²) in [5, 5.41) is 12.1. The number of fused-ring (bicyclic) bond motifs is 1. The summed E-state index contributed by atoms with van der Waals surface area (Å²) in [5.74, 6) is -2.44. The fraction of sp³-hybridized carbons (Fsp3) is 0.654. The smallest absolute Gasteiger partial charge is 0.312 e. The Kier molecular flexibility index (Phi) is 7.88. The lowest BCUT2D eigenvalue weighted by atomic mass is 9.70. The first-order chi connectivity index (χ1) is 16.7. The number of unbranched alkanes of at least 4 members (excludes halogenated alkanes) is 3. The van der Waals surface area contributed by atoms with Gasteiger partial charge < -0.3 is 24.8 Å². The molecule has 192 valence electrons. The maximum atomic E-state index is 13.9. The summed E-state index contributed by atoms with van der Waals surface area (Å²) in [6, 6.07) is 5.01. The molecule has 3 aliphatic heterocycles. The van der Waals surface area contributed by atoms with Gasteiger partial charge in [-0.2, -0.15) is 0 Å². The second-order valence-electron chi connectivity index (χ2n) is 9.89. The number of halogens is 1. The maximum absolute atomic E-state index is 13.9. The number of esters is 1. The number of aryl methyl sites for hydroxylation is 2. The van der Waals surface area contributed by atoms with Gasteiger partial charge in [-0.15, -0.1) is 0 Å².